The number of benzene rings is 2. The average molecular weight is 685 g/mol. The Hall–Kier alpha value is -2.71. The van der Waals surface area contributed by atoms with Gasteiger partial charge in [0.2, 0.25) is 0 Å². The van der Waals surface area contributed by atoms with Crippen molar-refractivity contribution in [1.29, 1.82) is 0 Å². The molecule has 2 aromatic rings. The van der Waals surface area contributed by atoms with E-state index in [4.69, 9.17) is 9.84 Å². The van der Waals surface area contributed by atoms with E-state index in [1.165, 1.54) is 0 Å². The van der Waals surface area contributed by atoms with Gasteiger partial charge in [0.15, 0.2) is 11.6 Å². The van der Waals surface area contributed by atoms with Gasteiger partial charge in [-0.25, -0.2) is 4.79 Å². The number of ether oxygens (including phenoxy) is 1. The molecule has 8 heteroatoms. The maximum absolute atomic E-state index is 13.9. The SMILES string of the molecule is CCN1C2=C(C(=O)CC(C)(C)C2)C(c2cc(Br)c(OCc3ccc(C(=O)O)cc3)c(Br)c2)C2=C1CC(C)(C)CC2=O. The largest absolute Gasteiger partial charge is 0.487 e. The van der Waals surface area contributed by atoms with Crippen LogP contribution in [0.25, 0.3) is 0 Å². The third-order valence-corrected chi connectivity index (χ3v) is 9.45. The zero-order valence-electron chi connectivity index (χ0n) is 24.1. The van der Waals surface area contributed by atoms with Gasteiger partial charge in [-0.2, -0.15) is 0 Å². The molecule has 0 unspecified atom stereocenters. The first kappa shape index (κ1) is 29.8. The molecular formula is C33H35Br2NO5. The monoisotopic (exact) mass is 683 g/mol. The quantitative estimate of drug-likeness (QED) is 0.330. The highest BCUT2D eigenvalue weighted by Gasteiger charge is 2.48. The van der Waals surface area contributed by atoms with Crippen molar-refractivity contribution in [2.45, 2.75) is 72.8 Å². The van der Waals surface area contributed by atoms with Crippen molar-refractivity contribution < 1.29 is 24.2 Å². The number of ketones is 2. The summed E-state index contributed by atoms with van der Waals surface area (Å²) in [6.07, 6.45) is 2.47. The Kier molecular flexibility index (Phi) is 7.88. The van der Waals surface area contributed by atoms with Crippen LogP contribution in [0.15, 0.2) is 67.9 Å². The summed E-state index contributed by atoms with van der Waals surface area (Å²) in [6.45, 7) is 11.6. The summed E-state index contributed by atoms with van der Waals surface area (Å²) >= 11 is 7.38. The highest BCUT2D eigenvalue weighted by molar-refractivity contribution is 9.11. The van der Waals surface area contributed by atoms with E-state index >= 15 is 0 Å². The Morgan fingerprint density at radius 3 is 1.83 bits per heavy atom. The number of hydrogen-bond donors (Lipinski definition) is 1. The number of hydrogen-bond acceptors (Lipinski definition) is 5. The molecule has 0 bridgehead atoms. The predicted molar refractivity (Wildman–Crippen MR) is 165 cm³/mol. The standard InChI is InChI=1S/C33H35Br2NO5/c1-6-36-23-13-32(2,3)15-25(37)28(23)27(29-24(36)14-33(4,5)16-26(29)38)20-11-21(34)30(22(35)12-20)41-17-18-7-9-19(10-8-18)31(39)40/h7-12,27H,6,13-17H2,1-5H3,(H,39,40). The molecule has 2 aromatic carbocycles. The molecule has 0 fully saturated rings. The number of carboxylic acid groups (broad SMARTS) is 1. The lowest BCUT2D eigenvalue weighted by Gasteiger charge is -2.49. The first-order chi connectivity index (χ1) is 19.2. The van der Waals surface area contributed by atoms with Crippen molar-refractivity contribution in [3.8, 4) is 5.75 Å². The van der Waals surface area contributed by atoms with Gasteiger partial charge in [-0.3, -0.25) is 9.59 Å². The van der Waals surface area contributed by atoms with Crippen LogP contribution >= 0.6 is 31.9 Å². The zero-order valence-corrected chi connectivity index (χ0v) is 27.2. The average Bonchev–Trinajstić information content (AvgIpc) is 2.85. The highest BCUT2D eigenvalue weighted by atomic mass is 79.9. The molecule has 0 saturated heterocycles. The van der Waals surface area contributed by atoms with Crippen LogP contribution < -0.4 is 4.74 Å². The van der Waals surface area contributed by atoms with Crippen molar-refractivity contribution in [1.82, 2.24) is 4.90 Å². The second-order valence-electron chi connectivity index (χ2n) is 12.9. The normalized spacial score (nSPS) is 20.2. The first-order valence-electron chi connectivity index (χ1n) is 14.0. The van der Waals surface area contributed by atoms with Crippen LogP contribution in [0.5, 0.6) is 5.75 Å². The van der Waals surface area contributed by atoms with E-state index in [1.54, 1.807) is 24.3 Å². The fourth-order valence-electron chi connectivity index (χ4n) is 6.55. The second kappa shape index (κ2) is 10.8. The lowest BCUT2D eigenvalue weighted by atomic mass is 9.63. The number of carbonyl (C=O) groups excluding carboxylic acids is 2. The summed E-state index contributed by atoms with van der Waals surface area (Å²) in [4.78, 5) is 41.1. The second-order valence-corrected chi connectivity index (χ2v) is 14.6. The van der Waals surface area contributed by atoms with Crippen LogP contribution in [0.1, 0.15) is 87.7 Å². The van der Waals surface area contributed by atoms with Crippen molar-refractivity contribution in [3.63, 3.8) is 0 Å². The Morgan fingerprint density at radius 2 is 1.39 bits per heavy atom. The predicted octanol–water partition coefficient (Wildman–Crippen LogP) is 8.19. The van der Waals surface area contributed by atoms with E-state index in [0.29, 0.717) is 34.1 Å². The zero-order chi connectivity index (χ0) is 29.9. The van der Waals surface area contributed by atoms with Gasteiger partial charge < -0.3 is 14.7 Å². The maximum Gasteiger partial charge on any atom is 0.335 e. The third kappa shape index (κ3) is 5.70. The minimum atomic E-state index is -0.972. The molecule has 0 amide bonds. The fraction of sp³-hybridized carbons (Fsp3) is 0.424. The van der Waals surface area contributed by atoms with Gasteiger partial charge in [0.05, 0.1) is 14.5 Å². The lowest BCUT2D eigenvalue weighted by molar-refractivity contribution is -0.119. The van der Waals surface area contributed by atoms with Crippen LogP contribution in [0, 0.1) is 10.8 Å². The summed E-state index contributed by atoms with van der Waals surface area (Å²) in [6, 6.07) is 10.5. The lowest BCUT2D eigenvalue weighted by Crippen LogP contribution is -2.44. The van der Waals surface area contributed by atoms with Crippen molar-refractivity contribution >= 4 is 49.4 Å². The molecule has 2 aliphatic carbocycles. The van der Waals surface area contributed by atoms with Crippen LogP contribution in [0.2, 0.25) is 0 Å². The number of carboxylic acids is 1. The summed E-state index contributed by atoms with van der Waals surface area (Å²) in [5, 5.41) is 9.15. The van der Waals surface area contributed by atoms with Crippen LogP contribution in [0.4, 0.5) is 0 Å². The molecule has 3 aliphatic rings. The molecule has 5 rings (SSSR count). The summed E-state index contributed by atoms with van der Waals surface area (Å²) < 4.78 is 7.55. The third-order valence-electron chi connectivity index (χ3n) is 8.28. The molecule has 0 radical (unpaired) electrons. The van der Waals surface area contributed by atoms with E-state index in [9.17, 15) is 14.4 Å². The first-order valence-corrected chi connectivity index (χ1v) is 15.5. The van der Waals surface area contributed by atoms with Crippen LogP contribution in [0.3, 0.4) is 0 Å². The summed E-state index contributed by atoms with van der Waals surface area (Å²) in [7, 11) is 0. The van der Waals surface area contributed by atoms with Gasteiger partial charge in [0.1, 0.15) is 12.4 Å². The molecule has 0 atom stereocenters. The molecular weight excluding hydrogens is 650 g/mol. The molecule has 1 N–H and O–H groups in total. The van der Waals surface area contributed by atoms with Crippen molar-refractivity contribution in [2.75, 3.05) is 6.54 Å². The van der Waals surface area contributed by atoms with Gasteiger partial charge in [-0.05, 0) is 97.8 Å². The van der Waals surface area contributed by atoms with E-state index < -0.39 is 11.9 Å². The summed E-state index contributed by atoms with van der Waals surface area (Å²) in [5.74, 6) is -0.583. The molecule has 41 heavy (non-hydrogen) atoms. The Labute approximate surface area is 258 Å². The topological polar surface area (TPSA) is 83.9 Å². The molecule has 216 valence electrons. The number of rotatable bonds is 6. The Bertz CT molecular complexity index is 1440. The highest BCUT2D eigenvalue weighted by Crippen LogP contribution is 2.55. The smallest absolute Gasteiger partial charge is 0.335 e. The van der Waals surface area contributed by atoms with Gasteiger partial charge >= 0.3 is 5.97 Å². The molecule has 1 aliphatic heterocycles. The number of carbonyl (C=O) groups is 3. The summed E-state index contributed by atoms with van der Waals surface area (Å²) in [5.41, 5.74) is 5.24. The van der Waals surface area contributed by atoms with E-state index in [2.05, 4.69) is 71.4 Å². The molecule has 0 spiro atoms. The van der Waals surface area contributed by atoms with E-state index in [1.807, 2.05) is 12.1 Å². The number of aromatic carboxylic acids is 1. The van der Waals surface area contributed by atoms with Crippen LogP contribution in [-0.4, -0.2) is 34.1 Å². The van der Waals surface area contributed by atoms with Gasteiger partial charge in [-0.1, -0.05) is 39.8 Å². The van der Waals surface area contributed by atoms with Gasteiger partial charge in [0, 0.05) is 47.8 Å². The van der Waals surface area contributed by atoms with Crippen LogP contribution in [-0.2, 0) is 16.2 Å². The van der Waals surface area contributed by atoms with Gasteiger partial charge in [0.25, 0.3) is 0 Å². The Morgan fingerprint density at radius 1 is 0.902 bits per heavy atom. The fourth-order valence-corrected chi connectivity index (χ4v) is 8.00. The van der Waals surface area contributed by atoms with Crippen molar-refractivity contribution in [3.05, 3.63) is 84.6 Å². The number of Topliss-reactive ketones (excluding diaryl/α,β-unsaturated/α-hetero) is 2. The molecule has 1 heterocycles. The van der Waals surface area contributed by atoms with Crippen molar-refractivity contribution in [2.24, 2.45) is 10.8 Å². The minimum absolute atomic E-state index is 0.112. The molecule has 0 aromatic heterocycles. The van der Waals surface area contributed by atoms with E-state index in [0.717, 1.165) is 46.5 Å². The number of halogens is 2. The Balaban J connectivity index is 1.57. The maximum atomic E-state index is 13.9. The molecule has 6 nitrogen and oxygen atoms in total. The number of allylic oxidation sites excluding steroid dienone is 4. The number of nitrogens with zero attached hydrogens (tertiary/aromatic N) is 1. The minimum Gasteiger partial charge on any atom is -0.487 e. The molecule has 0 saturated carbocycles. The van der Waals surface area contributed by atoms with Gasteiger partial charge in [-0.15, -0.1) is 0 Å². The van der Waals surface area contributed by atoms with E-state index in [-0.39, 0.29) is 34.6 Å².